The first-order valence-electron chi connectivity index (χ1n) is 18.8. The number of aliphatic hydroxyl groups excluding tert-OH is 2. The Morgan fingerprint density at radius 2 is 0.978 bits per heavy atom. The summed E-state index contributed by atoms with van der Waals surface area (Å²) in [4.78, 5) is 12.3. The van der Waals surface area contributed by atoms with Crippen molar-refractivity contribution in [3.63, 3.8) is 0 Å². The predicted octanol–water partition coefficient (Wildman–Crippen LogP) is 11.3. The van der Waals surface area contributed by atoms with Gasteiger partial charge >= 0.3 is 0 Å². The van der Waals surface area contributed by atoms with Crippen molar-refractivity contribution >= 4 is 5.91 Å². The summed E-state index contributed by atoms with van der Waals surface area (Å²) in [5.41, 5.74) is 0. The first-order chi connectivity index (χ1) is 22.7. The van der Waals surface area contributed by atoms with Gasteiger partial charge in [-0.2, -0.15) is 0 Å². The highest BCUT2D eigenvalue weighted by molar-refractivity contribution is 5.76. The third-order valence-electron chi connectivity index (χ3n) is 7.86. The van der Waals surface area contributed by atoms with E-state index in [4.69, 9.17) is 0 Å². The molecule has 0 aliphatic rings. The summed E-state index contributed by atoms with van der Waals surface area (Å²) in [6.45, 7) is 4.14. The lowest BCUT2D eigenvalue weighted by molar-refractivity contribution is -0.123. The molecule has 262 valence electrons. The molecule has 2 atom stereocenters. The molecule has 3 N–H and O–H groups in total. The van der Waals surface area contributed by atoms with Gasteiger partial charge in [-0.1, -0.05) is 157 Å². The van der Waals surface area contributed by atoms with Crippen molar-refractivity contribution in [1.29, 1.82) is 0 Å². The van der Waals surface area contributed by atoms with E-state index in [2.05, 4.69) is 92.1 Å². The van der Waals surface area contributed by atoms with Crippen molar-refractivity contribution in [2.45, 2.75) is 167 Å². The second kappa shape index (κ2) is 37.0. The molecule has 0 heterocycles. The molecule has 0 aliphatic heterocycles. The normalized spacial score (nSPS) is 14.1. The quantitative estimate of drug-likeness (QED) is 0.0508. The van der Waals surface area contributed by atoms with E-state index in [-0.39, 0.29) is 12.5 Å². The second-order valence-electron chi connectivity index (χ2n) is 12.2. The van der Waals surface area contributed by atoms with E-state index in [1.807, 2.05) is 6.08 Å². The minimum Gasteiger partial charge on any atom is -0.394 e. The maximum Gasteiger partial charge on any atom is 0.220 e. The fourth-order valence-electron chi connectivity index (χ4n) is 4.98. The van der Waals surface area contributed by atoms with Gasteiger partial charge in [0.1, 0.15) is 0 Å². The standard InChI is InChI=1S/C42H71NO3/c1-3-5-7-9-11-13-15-17-19-20-21-22-24-26-28-30-32-34-36-38-42(46)43-40(39-44)41(45)37-35-33-31-29-27-25-23-18-16-14-12-10-8-6-4-2/h5,7,11,13,17,19,21-22,26-29,35,37,40-41,44-45H,3-4,6,8-10,12,14-16,18,20,23-25,30-34,36,38-39H2,1-2H3,(H,43,46)/b7-5-,13-11-,19-17-,22-21-,28-26-,29-27+,37-35+. The fourth-order valence-corrected chi connectivity index (χ4v) is 4.98. The molecule has 0 aromatic carbocycles. The molecule has 0 aliphatic carbocycles. The zero-order valence-corrected chi connectivity index (χ0v) is 29.8. The molecule has 0 fully saturated rings. The summed E-state index contributed by atoms with van der Waals surface area (Å²) in [6, 6.07) is -0.660. The average molecular weight is 638 g/mol. The van der Waals surface area contributed by atoms with E-state index in [0.717, 1.165) is 77.0 Å². The Balaban J connectivity index is 3.79. The van der Waals surface area contributed by atoms with Crippen LogP contribution in [0.1, 0.15) is 155 Å². The van der Waals surface area contributed by atoms with Crippen LogP contribution in [-0.2, 0) is 4.79 Å². The van der Waals surface area contributed by atoms with Crippen LogP contribution in [-0.4, -0.2) is 34.9 Å². The molecule has 0 aromatic heterocycles. The minimum absolute atomic E-state index is 0.110. The Morgan fingerprint density at radius 1 is 0.543 bits per heavy atom. The van der Waals surface area contributed by atoms with Crippen molar-refractivity contribution in [1.82, 2.24) is 5.32 Å². The van der Waals surface area contributed by atoms with Gasteiger partial charge in [0, 0.05) is 6.42 Å². The van der Waals surface area contributed by atoms with Crippen LogP contribution in [0.4, 0.5) is 0 Å². The molecule has 0 saturated heterocycles. The van der Waals surface area contributed by atoms with Gasteiger partial charge in [0.15, 0.2) is 0 Å². The number of hydrogen-bond donors (Lipinski definition) is 3. The van der Waals surface area contributed by atoms with Crippen molar-refractivity contribution in [2.75, 3.05) is 6.61 Å². The molecule has 0 rings (SSSR count). The van der Waals surface area contributed by atoms with Gasteiger partial charge in [-0.3, -0.25) is 4.79 Å². The smallest absolute Gasteiger partial charge is 0.220 e. The maximum absolute atomic E-state index is 12.3. The van der Waals surface area contributed by atoms with Crippen LogP contribution in [0, 0.1) is 0 Å². The number of hydrogen-bond acceptors (Lipinski definition) is 3. The third-order valence-corrected chi connectivity index (χ3v) is 7.86. The van der Waals surface area contributed by atoms with Crippen LogP contribution in [0.15, 0.2) is 85.1 Å². The van der Waals surface area contributed by atoms with E-state index < -0.39 is 12.1 Å². The highest BCUT2D eigenvalue weighted by atomic mass is 16.3. The van der Waals surface area contributed by atoms with Crippen LogP contribution in [0.3, 0.4) is 0 Å². The Labute approximate surface area is 284 Å². The molecule has 0 aromatic rings. The number of carbonyl (C=O) groups excluding carboxylic acids is 1. The Kier molecular flexibility index (Phi) is 35.1. The lowest BCUT2D eigenvalue weighted by atomic mass is 10.1. The van der Waals surface area contributed by atoms with Crippen molar-refractivity contribution in [3.8, 4) is 0 Å². The van der Waals surface area contributed by atoms with E-state index in [9.17, 15) is 15.0 Å². The van der Waals surface area contributed by atoms with Crippen LogP contribution < -0.4 is 5.32 Å². The molecule has 0 radical (unpaired) electrons. The number of rotatable bonds is 32. The van der Waals surface area contributed by atoms with Gasteiger partial charge in [-0.05, 0) is 77.0 Å². The highest BCUT2D eigenvalue weighted by Gasteiger charge is 2.17. The van der Waals surface area contributed by atoms with Gasteiger partial charge < -0.3 is 15.5 Å². The van der Waals surface area contributed by atoms with E-state index >= 15 is 0 Å². The first-order valence-corrected chi connectivity index (χ1v) is 18.8. The molecule has 0 bridgehead atoms. The summed E-state index contributed by atoms with van der Waals surface area (Å²) in [5.74, 6) is -0.110. The van der Waals surface area contributed by atoms with Gasteiger partial charge in [0.2, 0.25) is 5.91 Å². The van der Waals surface area contributed by atoms with Crippen LogP contribution >= 0.6 is 0 Å². The number of unbranched alkanes of at least 4 members (excludes halogenated alkanes) is 13. The lowest BCUT2D eigenvalue weighted by Gasteiger charge is -2.19. The molecule has 0 spiro atoms. The highest BCUT2D eigenvalue weighted by Crippen LogP contribution is 2.11. The second-order valence-corrected chi connectivity index (χ2v) is 12.2. The number of carbonyl (C=O) groups is 1. The largest absolute Gasteiger partial charge is 0.394 e. The van der Waals surface area contributed by atoms with Gasteiger partial charge in [0.25, 0.3) is 0 Å². The summed E-state index contributed by atoms with van der Waals surface area (Å²) in [7, 11) is 0. The van der Waals surface area contributed by atoms with Crippen LogP contribution in [0.25, 0.3) is 0 Å². The monoisotopic (exact) mass is 638 g/mol. The molecule has 2 unspecified atom stereocenters. The summed E-state index contributed by atoms with van der Waals surface area (Å²) in [6.07, 6.45) is 53.8. The van der Waals surface area contributed by atoms with Crippen molar-refractivity contribution < 1.29 is 15.0 Å². The number of amides is 1. The molecule has 4 nitrogen and oxygen atoms in total. The number of allylic oxidation sites excluding steroid dienone is 13. The van der Waals surface area contributed by atoms with E-state index in [1.165, 1.54) is 57.8 Å². The Hall–Kier alpha value is -2.43. The minimum atomic E-state index is -0.879. The molecular formula is C42H71NO3. The van der Waals surface area contributed by atoms with Gasteiger partial charge in [0.05, 0.1) is 18.8 Å². The lowest BCUT2D eigenvalue weighted by Crippen LogP contribution is -2.45. The summed E-state index contributed by atoms with van der Waals surface area (Å²) < 4.78 is 0. The Bertz CT molecular complexity index is 864. The van der Waals surface area contributed by atoms with Crippen LogP contribution in [0.5, 0.6) is 0 Å². The Morgan fingerprint density at radius 3 is 1.52 bits per heavy atom. The molecule has 46 heavy (non-hydrogen) atoms. The van der Waals surface area contributed by atoms with Gasteiger partial charge in [-0.25, -0.2) is 0 Å². The van der Waals surface area contributed by atoms with Crippen molar-refractivity contribution in [2.24, 2.45) is 0 Å². The first kappa shape index (κ1) is 43.6. The van der Waals surface area contributed by atoms with E-state index in [1.54, 1.807) is 6.08 Å². The average Bonchev–Trinajstić information content (AvgIpc) is 3.06. The predicted molar refractivity (Wildman–Crippen MR) is 202 cm³/mol. The van der Waals surface area contributed by atoms with Crippen molar-refractivity contribution in [3.05, 3.63) is 85.1 Å². The SMILES string of the molecule is CC/C=C\C/C=C\C/C=C\C/C=C\C/C=C\CCCCCC(=O)NC(CO)C(O)/C=C/CC/C=C/CCCCCCCCCCC. The number of aliphatic hydroxyl groups is 2. The number of nitrogens with one attached hydrogen (secondary N) is 1. The van der Waals surface area contributed by atoms with E-state index in [0.29, 0.717) is 6.42 Å². The fraction of sp³-hybridized carbons (Fsp3) is 0.643. The molecule has 4 heteroatoms. The molecule has 1 amide bonds. The summed E-state index contributed by atoms with van der Waals surface area (Å²) in [5, 5.41) is 22.9. The zero-order valence-electron chi connectivity index (χ0n) is 29.8. The maximum atomic E-state index is 12.3. The third kappa shape index (κ3) is 32.9. The molecular weight excluding hydrogens is 566 g/mol. The van der Waals surface area contributed by atoms with Crippen LogP contribution in [0.2, 0.25) is 0 Å². The topological polar surface area (TPSA) is 69.6 Å². The van der Waals surface area contributed by atoms with Gasteiger partial charge in [-0.15, -0.1) is 0 Å². The molecule has 0 saturated carbocycles. The zero-order chi connectivity index (χ0) is 33.6. The summed E-state index contributed by atoms with van der Waals surface area (Å²) >= 11 is 0.